The molecule has 0 saturated heterocycles. The normalized spacial score (nSPS) is 21.3. The van der Waals surface area contributed by atoms with Crippen molar-refractivity contribution >= 4 is 37.8 Å². The van der Waals surface area contributed by atoms with E-state index >= 15 is 0 Å². The van der Waals surface area contributed by atoms with Gasteiger partial charge in [-0.25, -0.2) is 0 Å². The fourth-order valence-electron chi connectivity index (χ4n) is 2.65. The molecule has 1 aliphatic carbocycles. The maximum Gasteiger partial charge on any atom is 0.257 e. The van der Waals surface area contributed by atoms with E-state index in [0.717, 1.165) is 28.2 Å². The maximum atomic E-state index is 11.8. The zero-order chi connectivity index (χ0) is 15.2. The van der Waals surface area contributed by atoms with Crippen molar-refractivity contribution in [3.63, 3.8) is 0 Å². The van der Waals surface area contributed by atoms with Crippen LogP contribution in [-0.4, -0.2) is 30.8 Å². The second-order valence-electron chi connectivity index (χ2n) is 5.30. The first kappa shape index (κ1) is 16.8. The Bertz CT molecular complexity index is 496. The van der Waals surface area contributed by atoms with Gasteiger partial charge in [0.1, 0.15) is 5.75 Å². The molecule has 2 N–H and O–H groups in total. The van der Waals surface area contributed by atoms with Crippen LogP contribution in [0, 0.1) is 11.8 Å². The number of nitrogens with one attached hydrogen (secondary N) is 1. The van der Waals surface area contributed by atoms with E-state index in [2.05, 4.69) is 37.2 Å². The Morgan fingerprint density at radius 1 is 1.33 bits per heavy atom. The number of hydrogen-bond donors (Lipinski definition) is 2. The molecule has 116 valence electrons. The van der Waals surface area contributed by atoms with Gasteiger partial charge in [-0.15, -0.1) is 0 Å². The van der Waals surface area contributed by atoms with Crippen LogP contribution in [-0.2, 0) is 4.79 Å². The Kier molecular flexibility index (Phi) is 6.51. The van der Waals surface area contributed by atoms with Gasteiger partial charge in [0.05, 0.1) is 4.47 Å². The fraction of sp³-hybridized carbons (Fsp3) is 0.533. The first-order valence-corrected chi connectivity index (χ1v) is 8.64. The van der Waals surface area contributed by atoms with Crippen molar-refractivity contribution in [1.82, 2.24) is 5.32 Å². The van der Waals surface area contributed by atoms with Crippen LogP contribution in [0.15, 0.2) is 27.1 Å². The molecule has 1 saturated carbocycles. The lowest BCUT2D eigenvalue weighted by molar-refractivity contribution is -0.123. The van der Waals surface area contributed by atoms with Crippen LogP contribution in [0.25, 0.3) is 0 Å². The van der Waals surface area contributed by atoms with E-state index < -0.39 is 0 Å². The van der Waals surface area contributed by atoms with Crippen molar-refractivity contribution in [3.05, 3.63) is 27.1 Å². The lowest BCUT2D eigenvalue weighted by atomic mass is 9.97. The van der Waals surface area contributed by atoms with E-state index in [1.807, 2.05) is 12.1 Å². The number of hydrogen-bond acceptors (Lipinski definition) is 3. The van der Waals surface area contributed by atoms with Crippen LogP contribution in [0.1, 0.15) is 19.3 Å². The minimum Gasteiger partial charge on any atom is -0.483 e. The lowest BCUT2D eigenvalue weighted by Crippen LogP contribution is -2.34. The predicted molar refractivity (Wildman–Crippen MR) is 88.3 cm³/mol. The summed E-state index contributed by atoms with van der Waals surface area (Å²) in [5, 5.41) is 12.2. The van der Waals surface area contributed by atoms with Crippen molar-refractivity contribution in [1.29, 1.82) is 0 Å². The third kappa shape index (κ3) is 4.97. The third-order valence-electron chi connectivity index (χ3n) is 3.87. The van der Waals surface area contributed by atoms with Crippen molar-refractivity contribution in [3.8, 4) is 5.75 Å². The highest BCUT2D eigenvalue weighted by molar-refractivity contribution is 9.11. The third-order valence-corrected chi connectivity index (χ3v) is 4.98. The minimum absolute atomic E-state index is 0.00323. The number of benzene rings is 1. The molecule has 2 unspecified atom stereocenters. The fourth-order valence-corrected chi connectivity index (χ4v) is 3.82. The monoisotopic (exact) mass is 419 g/mol. The summed E-state index contributed by atoms with van der Waals surface area (Å²) in [4.78, 5) is 11.8. The number of carbonyl (C=O) groups excluding carboxylic acids is 1. The molecular weight excluding hydrogens is 402 g/mol. The molecule has 1 aromatic carbocycles. The number of aliphatic hydroxyl groups is 1. The van der Waals surface area contributed by atoms with Crippen molar-refractivity contribution < 1.29 is 14.6 Å². The van der Waals surface area contributed by atoms with Gasteiger partial charge in [-0.05, 0) is 58.8 Å². The van der Waals surface area contributed by atoms with Gasteiger partial charge in [-0.2, -0.15) is 0 Å². The van der Waals surface area contributed by atoms with Gasteiger partial charge in [-0.3, -0.25) is 4.79 Å². The summed E-state index contributed by atoms with van der Waals surface area (Å²) in [5.41, 5.74) is 0. The molecule has 0 heterocycles. The lowest BCUT2D eigenvalue weighted by Gasteiger charge is -2.18. The second-order valence-corrected chi connectivity index (χ2v) is 7.07. The number of ether oxygens (including phenoxy) is 1. The Labute approximate surface area is 141 Å². The molecule has 1 fully saturated rings. The highest BCUT2D eigenvalue weighted by atomic mass is 79.9. The second kappa shape index (κ2) is 8.15. The zero-order valence-corrected chi connectivity index (χ0v) is 14.8. The number of rotatable bonds is 6. The van der Waals surface area contributed by atoms with Gasteiger partial charge in [-0.1, -0.05) is 22.4 Å². The van der Waals surface area contributed by atoms with Crippen LogP contribution < -0.4 is 10.1 Å². The molecular formula is C15H19Br2NO3. The van der Waals surface area contributed by atoms with Crippen LogP contribution in [0.2, 0.25) is 0 Å². The summed E-state index contributed by atoms with van der Waals surface area (Å²) in [7, 11) is 0. The average molecular weight is 421 g/mol. The Hall–Kier alpha value is -0.590. The number of amides is 1. The summed E-state index contributed by atoms with van der Waals surface area (Å²) in [6.45, 7) is 0.828. The van der Waals surface area contributed by atoms with E-state index in [1.165, 1.54) is 0 Å². The summed E-state index contributed by atoms with van der Waals surface area (Å²) in [6, 6.07) is 5.54. The standard InChI is InChI=1S/C15H19Br2NO3/c16-12-4-5-14(13(17)6-12)21-9-15(20)18-7-10-2-1-3-11(10)8-19/h4-6,10-11,19H,1-3,7-9H2,(H,18,20). The molecule has 1 aliphatic rings. The first-order chi connectivity index (χ1) is 10.1. The van der Waals surface area contributed by atoms with Crippen molar-refractivity contribution in [2.75, 3.05) is 19.8 Å². The topological polar surface area (TPSA) is 58.6 Å². The van der Waals surface area contributed by atoms with Gasteiger partial charge in [0.2, 0.25) is 0 Å². The summed E-state index contributed by atoms with van der Waals surface area (Å²) in [6.07, 6.45) is 3.26. The van der Waals surface area contributed by atoms with Crippen LogP contribution in [0.5, 0.6) is 5.75 Å². The predicted octanol–water partition coefficient (Wildman–Crippen LogP) is 3.12. The maximum absolute atomic E-state index is 11.8. The smallest absolute Gasteiger partial charge is 0.257 e. The summed E-state index contributed by atoms with van der Waals surface area (Å²) in [5.74, 6) is 1.22. The van der Waals surface area contributed by atoms with Gasteiger partial charge in [0, 0.05) is 17.6 Å². The molecule has 0 aliphatic heterocycles. The molecule has 0 bridgehead atoms. The van der Waals surface area contributed by atoms with E-state index in [0.29, 0.717) is 24.1 Å². The van der Waals surface area contributed by atoms with Crippen molar-refractivity contribution in [2.24, 2.45) is 11.8 Å². The first-order valence-electron chi connectivity index (χ1n) is 7.05. The molecule has 6 heteroatoms. The summed E-state index contributed by atoms with van der Waals surface area (Å²) < 4.78 is 7.25. The molecule has 1 aromatic rings. The summed E-state index contributed by atoms with van der Waals surface area (Å²) >= 11 is 6.76. The average Bonchev–Trinajstić information content (AvgIpc) is 2.91. The Morgan fingerprint density at radius 3 is 2.81 bits per heavy atom. The molecule has 2 atom stereocenters. The molecule has 0 spiro atoms. The Morgan fingerprint density at radius 2 is 2.10 bits per heavy atom. The molecule has 21 heavy (non-hydrogen) atoms. The molecule has 0 aromatic heterocycles. The molecule has 2 rings (SSSR count). The molecule has 0 radical (unpaired) electrons. The van der Waals surface area contributed by atoms with E-state index in [9.17, 15) is 9.90 Å². The van der Waals surface area contributed by atoms with Crippen LogP contribution in [0.4, 0.5) is 0 Å². The van der Waals surface area contributed by atoms with E-state index in [-0.39, 0.29) is 19.1 Å². The van der Waals surface area contributed by atoms with Gasteiger partial charge < -0.3 is 15.2 Å². The quantitative estimate of drug-likeness (QED) is 0.743. The van der Waals surface area contributed by atoms with Gasteiger partial charge in [0.15, 0.2) is 6.61 Å². The number of aliphatic hydroxyl groups excluding tert-OH is 1. The molecule has 1 amide bonds. The van der Waals surface area contributed by atoms with E-state index in [1.54, 1.807) is 6.07 Å². The van der Waals surface area contributed by atoms with Crippen LogP contribution in [0.3, 0.4) is 0 Å². The molecule has 4 nitrogen and oxygen atoms in total. The van der Waals surface area contributed by atoms with E-state index in [4.69, 9.17) is 4.74 Å². The highest BCUT2D eigenvalue weighted by Crippen LogP contribution is 2.30. The Balaban J connectivity index is 1.74. The zero-order valence-electron chi connectivity index (χ0n) is 11.6. The highest BCUT2D eigenvalue weighted by Gasteiger charge is 2.26. The number of halogens is 2. The largest absolute Gasteiger partial charge is 0.483 e. The van der Waals surface area contributed by atoms with Gasteiger partial charge in [0.25, 0.3) is 5.91 Å². The SMILES string of the molecule is O=C(COc1ccc(Br)cc1Br)NCC1CCCC1CO. The minimum atomic E-state index is -0.131. The van der Waals surface area contributed by atoms with Crippen LogP contribution >= 0.6 is 31.9 Å². The van der Waals surface area contributed by atoms with Gasteiger partial charge >= 0.3 is 0 Å². The van der Waals surface area contributed by atoms with Crippen molar-refractivity contribution in [2.45, 2.75) is 19.3 Å². The number of carbonyl (C=O) groups is 1.